The number of carbonyl (C=O) groups excluding carboxylic acids is 1. The predicted octanol–water partition coefficient (Wildman–Crippen LogP) is 3.30. The summed E-state index contributed by atoms with van der Waals surface area (Å²) < 4.78 is 5.36. The molecule has 1 heterocycles. The van der Waals surface area contributed by atoms with Crippen LogP contribution in [0.2, 0.25) is 0 Å². The smallest absolute Gasteiger partial charge is 0.335 e. The molecule has 0 bridgehead atoms. The van der Waals surface area contributed by atoms with Crippen LogP contribution in [0, 0.1) is 0 Å². The van der Waals surface area contributed by atoms with Crippen LogP contribution in [-0.2, 0) is 4.79 Å². The van der Waals surface area contributed by atoms with E-state index >= 15 is 0 Å². The first-order chi connectivity index (χ1) is 12.9. The van der Waals surface area contributed by atoms with E-state index in [1.165, 1.54) is 23.2 Å². The Kier molecular flexibility index (Phi) is 4.94. The van der Waals surface area contributed by atoms with Gasteiger partial charge in [0.2, 0.25) is 0 Å². The number of nitrogens with zero attached hydrogens (tertiary/aromatic N) is 2. The van der Waals surface area contributed by atoms with Crippen LogP contribution in [-0.4, -0.2) is 34.4 Å². The molecule has 0 spiro atoms. The summed E-state index contributed by atoms with van der Waals surface area (Å²) in [6.07, 6.45) is 1.66. The maximum Gasteiger partial charge on any atom is 0.335 e. The summed E-state index contributed by atoms with van der Waals surface area (Å²) in [4.78, 5) is 23.9. The molecule has 1 amide bonds. The molecule has 1 aliphatic heterocycles. The van der Waals surface area contributed by atoms with Crippen molar-refractivity contribution in [3.8, 4) is 11.5 Å². The van der Waals surface area contributed by atoms with Crippen molar-refractivity contribution < 1.29 is 24.5 Å². The molecule has 1 aliphatic rings. The number of rotatable bonds is 5. The third kappa shape index (κ3) is 3.67. The highest BCUT2D eigenvalue weighted by Gasteiger charge is 2.29. The zero-order valence-corrected chi connectivity index (χ0v) is 14.8. The lowest BCUT2D eigenvalue weighted by atomic mass is 10.1. The van der Waals surface area contributed by atoms with Crippen molar-refractivity contribution in [1.82, 2.24) is 0 Å². The minimum Gasteiger partial charge on any atom is -0.504 e. The molecule has 27 heavy (non-hydrogen) atoms. The lowest BCUT2D eigenvalue weighted by Crippen LogP contribution is -2.21. The average molecular weight is 366 g/mol. The lowest BCUT2D eigenvalue weighted by Gasteiger charge is -2.12. The van der Waals surface area contributed by atoms with Gasteiger partial charge in [0.05, 0.1) is 29.1 Å². The summed E-state index contributed by atoms with van der Waals surface area (Å²) >= 11 is 0. The topological polar surface area (TPSA) is 99.4 Å². The molecule has 0 unspecified atom stereocenters. The van der Waals surface area contributed by atoms with Gasteiger partial charge in [0.15, 0.2) is 11.5 Å². The van der Waals surface area contributed by atoms with E-state index in [1.54, 1.807) is 37.3 Å². The molecular weight excluding hydrogens is 348 g/mol. The zero-order chi connectivity index (χ0) is 19.6. The van der Waals surface area contributed by atoms with Crippen molar-refractivity contribution in [2.45, 2.75) is 13.8 Å². The molecule has 3 rings (SSSR count). The van der Waals surface area contributed by atoms with Gasteiger partial charge in [0.1, 0.15) is 0 Å². The number of benzene rings is 2. The van der Waals surface area contributed by atoms with Gasteiger partial charge in [-0.25, -0.2) is 4.79 Å². The van der Waals surface area contributed by atoms with E-state index in [9.17, 15) is 14.7 Å². The molecule has 0 fully saturated rings. The summed E-state index contributed by atoms with van der Waals surface area (Å²) in [6, 6.07) is 10.8. The molecule has 0 saturated heterocycles. The van der Waals surface area contributed by atoms with E-state index in [4.69, 9.17) is 9.84 Å². The van der Waals surface area contributed by atoms with Crippen molar-refractivity contribution in [2.24, 2.45) is 5.10 Å². The number of carboxylic acid groups (broad SMARTS) is 1. The van der Waals surface area contributed by atoms with E-state index in [0.717, 1.165) is 0 Å². The third-order valence-corrected chi connectivity index (χ3v) is 3.99. The Morgan fingerprint density at radius 3 is 2.74 bits per heavy atom. The molecule has 0 atom stereocenters. The highest BCUT2D eigenvalue weighted by Crippen LogP contribution is 2.30. The number of ether oxygens (including phenoxy) is 1. The number of phenolic OH excluding ortho intramolecular Hbond substituents is 1. The first-order valence-electron chi connectivity index (χ1n) is 8.31. The van der Waals surface area contributed by atoms with Crippen molar-refractivity contribution >= 4 is 29.4 Å². The molecule has 0 saturated carbocycles. The Morgan fingerprint density at radius 2 is 2.04 bits per heavy atom. The van der Waals surface area contributed by atoms with Gasteiger partial charge in [-0.05, 0) is 55.8 Å². The van der Waals surface area contributed by atoms with E-state index < -0.39 is 5.97 Å². The number of hydrazone groups is 1. The van der Waals surface area contributed by atoms with Gasteiger partial charge in [0.25, 0.3) is 5.91 Å². The third-order valence-electron chi connectivity index (χ3n) is 3.99. The number of anilines is 1. The van der Waals surface area contributed by atoms with Crippen molar-refractivity contribution in [3.05, 3.63) is 59.2 Å². The molecule has 2 N–H and O–H groups in total. The molecule has 7 heteroatoms. The number of aromatic hydroxyl groups is 1. The summed E-state index contributed by atoms with van der Waals surface area (Å²) in [5, 5.41) is 24.4. The maximum absolute atomic E-state index is 12.8. The minimum atomic E-state index is -1.08. The summed E-state index contributed by atoms with van der Waals surface area (Å²) in [6.45, 7) is 3.92. The number of amides is 1. The Balaban J connectivity index is 1.94. The second kappa shape index (κ2) is 7.33. The molecular formula is C20H18N2O5. The van der Waals surface area contributed by atoms with Crippen molar-refractivity contribution in [3.63, 3.8) is 0 Å². The van der Waals surface area contributed by atoms with Crippen LogP contribution in [0.3, 0.4) is 0 Å². The van der Waals surface area contributed by atoms with E-state index in [2.05, 4.69) is 5.10 Å². The number of carboxylic acids is 1. The molecule has 2 aromatic carbocycles. The normalized spacial score (nSPS) is 15.2. The van der Waals surface area contributed by atoms with E-state index in [0.29, 0.717) is 34.9 Å². The SMILES string of the molecule is CCOc1cc(/C=C2/C(=O)N(c3cccc(C(=O)O)c3)N=C2C)ccc1O. The summed E-state index contributed by atoms with van der Waals surface area (Å²) in [7, 11) is 0. The van der Waals surface area contributed by atoms with Crippen LogP contribution in [0.1, 0.15) is 29.8 Å². The van der Waals surface area contributed by atoms with Crippen LogP contribution >= 0.6 is 0 Å². The van der Waals surface area contributed by atoms with E-state index in [1.807, 2.05) is 6.92 Å². The lowest BCUT2D eigenvalue weighted by molar-refractivity contribution is -0.114. The van der Waals surface area contributed by atoms with Crippen LogP contribution in [0.5, 0.6) is 11.5 Å². The molecule has 2 aromatic rings. The number of hydrogen-bond acceptors (Lipinski definition) is 5. The zero-order valence-electron chi connectivity index (χ0n) is 14.8. The van der Waals surface area contributed by atoms with Gasteiger partial charge in [0, 0.05) is 0 Å². The highest BCUT2D eigenvalue weighted by molar-refractivity contribution is 6.32. The fourth-order valence-corrected chi connectivity index (χ4v) is 2.69. The van der Waals surface area contributed by atoms with Gasteiger partial charge in [-0.15, -0.1) is 0 Å². The Labute approximate surface area is 155 Å². The first kappa shape index (κ1) is 18.2. The van der Waals surface area contributed by atoms with E-state index in [-0.39, 0.29) is 17.2 Å². The summed E-state index contributed by atoms with van der Waals surface area (Å²) in [5.74, 6) is -1.08. The van der Waals surface area contributed by atoms with Crippen LogP contribution in [0.4, 0.5) is 5.69 Å². The predicted molar refractivity (Wildman–Crippen MR) is 101 cm³/mol. The van der Waals surface area contributed by atoms with Gasteiger partial charge in [-0.2, -0.15) is 10.1 Å². The fourth-order valence-electron chi connectivity index (χ4n) is 2.69. The first-order valence-corrected chi connectivity index (χ1v) is 8.31. The van der Waals surface area contributed by atoms with Gasteiger partial charge >= 0.3 is 5.97 Å². The number of carbonyl (C=O) groups is 2. The summed E-state index contributed by atoms with van der Waals surface area (Å²) in [5.41, 5.74) is 2.01. The van der Waals surface area contributed by atoms with Crippen LogP contribution in [0.25, 0.3) is 6.08 Å². The Hall–Kier alpha value is -3.61. The molecule has 7 nitrogen and oxygen atoms in total. The Morgan fingerprint density at radius 1 is 1.26 bits per heavy atom. The second-order valence-electron chi connectivity index (χ2n) is 5.88. The van der Waals surface area contributed by atoms with Crippen molar-refractivity contribution in [2.75, 3.05) is 11.6 Å². The second-order valence-corrected chi connectivity index (χ2v) is 5.88. The molecule has 0 aromatic heterocycles. The van der Waals surface area contributed by atoms with Crippen molar-refractivity contribution in [1.29, 1.82) is 0 Å². The van der Waals surface area contributed by atoms with Gasteiger partial charge in [-0.1, -0.05) is 12.1 Å². The largest absolute Gasteiger partial charge is 0.504 e. The monoisotopic (exact) mass is 366 g/mol. The molecule has 0 aliphatic carbocycles. The van der Waals surface area contributed by atoms with Gasteiger partial charge < -0.3 is 14.9 Å². The Bertz CT molecular complexity index is 978. The van der Waals surface area contributed by atoms with Crippen LogP contribution < -0.4 is 9.75 Å². The van der Waals surface area contributed by atoms with Gasteiger partial charge in [-0.3, -0.25) is 4.79 Å². The quantitative estimate of drug-likeness (QED) is 0.791. The highest BCUT2D eigenvalue weighted by atomic mass is 16.5. The molecule has 138 valence electrons. The molecule has 0 radical (unpaired) electrons. The number of aromatic carboxylic acids is 1. The maximum atomic E-state index is 12.8. The number of hydrogen-bond donors (Lipinski definition) is 2. The average Bonchev–Trinajstić information content (AvgIpc) is 2.93. The minimum absolute atomic E-state index is 0.0225. The number of phenols is 1. The fraction of sp³-hybridized carbons (Fsp3) is 0.150. The van der Waals surface area contributed by atoms with Crippen LogP contribution in [0.15, 0.2) is 53.1 Å². The standard InChI is InChI=1S/C20H18N2O5/c1-3-27-18-10-13(7-8-17(18)23)9-16-12(2)21-22(19(16)24)15-6-4-5-14(11-15)20(25)26/h4-11,23H,3H2,1-2H3,(H,25,26)/b16-9+.